The lowest BCUT2D eigenvalue weighted by atomic mass is 9.96. The third-order valence-electron chi connectivity index (χ3n) is 3.34. The van der Waals surface area contributed by atoms with Gasteiger partial charge in [0.25, 0.3) is 0 Å². The van der Waals surface area contributed by atoms with Gasteiger partial charge in [0.05, 0.1) is 6.54 Å². The lowest BCUT2D eigenvalue weighted by molar-refractivity contribution is 0.0529. The van der Waals surface area contributed by atoms with Crippen LogP contribution in [0.2, 0.25) is 0 Å². The molecule has 3 N–H and O–H groups in total. The molecule has 1 aliphatic carbocycles. The highest BCUT2D eigenvalue weighted by Gasteiger charge is 2.16. The number of alkyl carbamates (subject to hydrolysis) is 1. The number of nitrogens with zero attached hydrogens (tertiary/aromatic N) is 1. The molecule has 0 aliphatic heterocycles. The van der Waals surface area contributed by atoms with Crippen molar-refractivity contribution in [1.29, 1.82) is 0 Å². The molecule has 1 aliphatic rings. The minimum absolute atomic E-state index is 0. The first-order valence-electron chi connectivity index (χ1n) is 8.42. The van der Waals surface area contributed by atoms with Crippen LogP contribution in [0.5, 0.6) is 0 Å². The first kappa shape index (κ1) is 22.3. The van der Waals surface area contributed by atoms with Crippen molar-refractivity contribution in [1.82, 2.24) is 16.0 Å². The maximum absolute atomic E-state index is 11.5. The van der Waals surface area contributed by atoms with Crippen LogP contribution in [0.15, 0.2) is 4.99 Å². The van der Waals surface area contributed by atoms with Crippen molar-refractivity contribution in [2.24, 2.45) is 4.99 Å². The zero-order valence-corrected chi connectivity index (χ0v) is 17.2. The Morgan fingerprint density at radius 3 is 2.39 bits per heavy atom. The van der Waals surface area contributed by atoms with Crippen LogP contribution in [0.1, 0.15) is 59.8 Å². The summed E-state index contributed by atoms with van der Waals surface area (Å²) in [6.07, 6.45) is 5.94. The molecule has 0 saturated heterocycles. The summed E-state index contributed by atoms with van der Waals surface area (Å²) in [6, 6.07) is 0.519. The molecule has 0 aromatic heterocycles. The van der Waals surface area contributed by atoms with Crippen LogP contribution in [-0.4, -0.2) is 43.3 Å². The topological polar surface area (TPSA) is 74.8 Å². The van der Waals surface area contributed by atoms with Crippen molar-refractivity contribution >= 4 is 36.0 Å². The lowest BCUT2D eigenvalue weighted by Crippen LogP contribution is -2.44. The Labute approximate surface area is 157 Å². The smallest absolute Gasteiger partial charge is 0.407 e. The van der Waals surface area contributed by atoms with Gasteiger partial charge in [-0.25, -0.2) is 4.79 Å². The van der Waals surface area contributed by atoms with Gasteiger partial charge >= 0.3 is 6.09 Å². The van der Waals surface area contributed by atoms with Gasteiger partial charge in [-0.1, -0.05) is 19.3 Å². The van der Waals surface area contributed by atoms with E-state index in [0.29, 0.717) is 19.1 Å². The average Bonchev–Trinajstić information content (AvgIpc) is 2.43. The molecule has 0 aromatic carbocycles. The molecule has 6 nitrogen and oxygen atoms in total. The first-order chi connectivity index (χ1) is 10.4. The SMILES string of the molecule is CCNC(=NCCNC(=O)OC(C)(C)C)NC1CCCCC1.I. The molecule has 0 unspecified atom stereocenters. The first-order valence-corrected chi connectivity index (χ1v) is 8.42. The van der Waals surface area contributed by atoms with Gasteiger partial charge < -0.3 is 20.7 Å². The second-order valence-electron chi connectivity index (χ2n) is 6.67. The van der Waals surface area contributed by atoms with Crippen LogP contribution in [0, 0.1) is 0 Å². The molecule has 1 amide bonds. The van der Waals surface area contributed by atoms with E-state index in [1.54, 1.807) is 0 Å². The van der Waals surface area contributed by atoms with Gasteiger partial charge in [-0.05, 0) is 40.5 Å². The van der Waals surface area contributed by atoms with Gasteiger partial charge in [0, 0.05) is 19.1 Å². The number of hydrogen-bond donors (Lipinski definition) is 3. The molecule has 0 bridgehead atoms. The van der Waals surface area contributed by atoms with E-state index in [4.69, 9.17) is 4.74 Å². The largest absolute Gasteiger partial charge is 0.444 e. The minimum atomic E-state index is -0.467. The van der Waals surface area contributed by atoms with Gasteiger partial charge in [-0.15, -0.1) is 24.0 Å². The van der Waals surface area contributed by atoms with E-state index in [0.717, 1.165) is 12.5 Å². The van der Waals surface area contributed by atoms with Crippen LogP contribution in [0.4, 0.5) is 4.79 Å². The molecule has 1 rings (SSSR count). The number of ether oxygens (including phenoxy) is 1. The molecule has 7 heteroatoms. The van der Waals surface area contributed by atoms with Crippen molar-refractivity contribution < 1.29 is 9.53 Å². The predicted octanol–water partition coefficient (Wildman–Crippen LogP) is 3.02. The zero-order valence-electron chi connectivity index (χ0n) is 14.9. The second kappa shape index (κ2) is 11.8. The van der Waals surface area contributed by atoms with Crippen molar-refractivity contribution in [3.05, 3.63) is 0 Å². The fourth-order valence-corrected chi connectivity index (χ4v) is 2.40. The zero-order chi connectivity index (χ0) is 16.4. The molecular weight excluding hydrogens is 407 g/mol. The molecular formula is C16H33IN4O2. The standard InChI is InChI=1S/C16H32N4O2.HI/c1-5-17-14(20-13-9-7-6-8-10-13)18-11-12-19-15(21)22-16(2,3)4;/h13H,5-12H2,1-4H3,(H,19,21)(H2,17,18,20);1H. The summed E-state index contributed by atoms with van der Waals surface area (Å²) in [5.74, 6) is 0.834. The Kier molecular flexibility index (Phi) is 11.4. The summed E-state index contributed by atoms with van der Waals surface area (Å²) in [5.41, 5.74) is -0.467. The Hall–Kier alpha value is -0.730. The second-order valence-corrected chi connectivity index (χ2v) is 6.67. The molecule has 1 saturated carbocycles. The number of guanidine groups is 1. The van der Waals surface area contributed by atoms with E-state index in [2.05, 4.69) is 27.9 Å². The summed E-state index contributed by atoms with van der Waals surface area (Å²) in [4.78, 5) is 16.0. The summed E-state index contributed by atoms with van der Waals surface area (Å²) < 4.78 is 5.18. The minimum Gasteiger partial charge on any atom is -0.444 e. The highest BCUT2D eigenvalue weighted by molar-refractivity contribution is 14.0. The average molecular weight is 440 g/mol. The van der Waals surface area contributed by atoms with Crippen LogP contribution < -0.4 is 16.0 Å². The van der Waals surface area contributed by atoms with Gasteiger partial charge in [-0.3, -0.25) is 4.99 Å². The van der Waals surface area contributed by atoms with E-state index in [1.807, 2.05) is 20.8 Å². The van der Waals surface area contributed by atoms with Crippen LogP contribution in [0.3, 0.4) is 0 Å². The monoisotopic (exact) mass is 440 g/mol. The van der Waals surface area contributed by atoms with Crippen molar-refractivity contribution in [3.63, 3.8) is 0 Å². The number of halogens is 1. The molecule has 0 radical (unpaired) electrons. The summed E-state index contributed by atoms with van der Waals surface area (Å²) in [5, 5.41) is 9.45. The van der Waals surface area contributed by atoms with Crippen LogP contribution >= 0.6 is 24.0 Å². The lowest BCUT2D eigenvalue weighted by Gasteiger charge is -2.25. The fraction of sp³-hybridized carbons (Fsp3) is 0.875. The van der Waals surface area contributed by atoms with Crippen molar-refractivity contribution in [2.75, 3.05) is 19.6 Å². The summed E-state index contributed by atoms with van der Waals surface area (Å²) in [7, 11) is 0. The third-order valence-corrected chi connectivity index (χ3v) is 3.34. The number of rotatable bonds is 5. The number of nitrogens with one attached hydrogen (secondary N) is 3. The highest BCUT2D eigenvalue weighted by Crippen LogP contribution is 2.17. The van der Waals surface area contributed by atoms with E-state index < -0.39 is 11.7 Å². The highest BCUT2D eigenvalue weighted by atomic mass is 127. The molecule has 0 heterocycles. The maximum atomic E-state index is 11.5. The summed E-state index contributed by atoms with van der Waals surface area (Å²) >= 11 is 0. The molecule has 0 aromatic rings. The van der Waals surface area contributed by atoms with Gasteiger partial charge in [0.1, 0.15) is 5.60 Å². The fourth-order valence-electron chi connectivity index (χ4n) is 2.40. The number of aliphatic imine (C=N–C) groups is 1. The Bertz CT molecular complexity index is 364. The van der Waals surface area contributed by atoms with Crippen LogP contribution in [-0.2, 0) is 4.74 Å². The number of hydrogen-bond acceptors (Lipinski definition) is 3. The van der Waals surface area contributed by atoms with E-state index in [-0.39, 0.29) is 24.0 Å². The van der Waals surface area contributed by atoms with Crippen molar-refractivity contribution in [3.8, 4) is 0 Å². The van der Waals surface area contributed by atoms with Crippen LogP contribution in [0.25, 0.3) is 0 Å². The van der Waals surface area contributed by atoms with E-state index in [9.17, 15) is 4.79 Å². The van der Waals surface area contributed by atoms with E-state index in [1.165, 1.54) is 32.1 Å². The van der Waals surface area contributed by atoms with Crippen molar-refractivity contribution in [2.45, 2.75) is 71.4 Å². The van der Waals surface area contributed by atoms with Gasteiger partial charge in [0.15, 0.2) is 5.96 Å². The third kappa shape index (κ3) is 11.4. The molecule has 0 spiro atoms. The molecule has 136 valence electrons. The Morgan fingerprint density at radius 1 is 1.17 bits per heavy atom. The number of carbonyl (C=O) groups is 1. The summed E-state index contributed by atoms with van der Waals surface area (Å²) in [6.45, 7) is 9.43. The predicted molar refractivity (Wildman–Crippen MR) is 106 cm³/mol. The quantitative estimate of drug-likeness (QED) is 0.266. The number of carbonyl (C=O) groups excluding carboxylic acids is 1. The van der Waals surface area contributed by atoms with E-state index >= 15 is 0 Å². The molecule has 0 atom stereocenters. The Morgan fingerprint density at radius 2 is 1.83 bits per heavy atom. The van der Waals surface area contributed by atoms with Gasteiger partial charge in [-0.2, -0.15) is 0 Å². The molecule has 1 fully saturated rings. The van der Waals surface area contributed by atoms with Gasteiger partial charge in [0.2, 0.25) is 0 Å². The maximum Gasteiger partial charge on any atom is 0.407 e. The number of amides is 1. The molecule has 23 heavy (non-hydrogen) atoms. The normalized spacial score (nSPS) is 16.3. The Balaban J connectivity index is 0.00000484.